The minimum Gasteiger partial charge on any atom is -0.355 e. The number of anilines is 1. The number of hydrogen-bond acceptors (Lipinski definition) is 3. The lowest BCUT2D eigenvalue weighted by Crippen LogP contribution is -2.02. The highest BCUT2D eigenvalue weighted by Crippen LogP contribution is 2.25. The molecule has 1 aromatic heterocycles. The molecule has 78 valence electrons. The van der Waals surface area contributed by atoms with Crippen molar-refractivity contribution < 1.29 is 0 Å². The molecular weight excluding hydrogens is 216 g/mol. The van der Waals surface area contributed by atoms with Gasteiger partial charge in [-0.25, -0.2) is 4.98 Å². The van der Waals surface area contributed by atoms with Crippen LogP contribution in [0, 0.1) is 0 Å². The van der Waals surface area contributed by atoms with E-state index in [9.17, 15) is 0 Å². The summed E-state index contributed by atoms with van der Waals surface area (Å²) in [6.45, 7) is 0. The van der Waals surface area contributed by atoms with Gasteiger partial charge in [-0.05, 0) is 23.8 Å². The first-order chi connectivity index (χ1) is 7.92. The van der Waals surface area contributed by atoms with Crippen molar-refractivity contribution in [2.45, 2.75) is 0 Å². The SMILES string of the molecule is C1=Cc2ccccc2NC1=Cc1nccs1. The maximum Gasteiger partial charge on any atom is 0.118 e. The minimum atomic E-state index is 1.02. The molecule has 0 aliphatic carbocycles. The summed E-state index contributed by atoms with van der Waals surface area (Å²) in [5, 5.41) is 6.38. The summed E-state index contributed by atoms with van der Waals surface area (Å²) < 4.78 is 0. The zero-order valence-electron chi connectivity index (χ0n) is 8.55. The van der Waals surface area contributed by atoms with Gasteiger partial charge in [-0.1, -0.05) is 24.3 Å². The third-order valence-electron chi connectivity index (χ3n) is 2.41. The van der Waals surface area contributed by atoms with Gasteiger partial charge in [0.1, 0.15) is 5.01 Å². The first-order valence-corrected chi connectivity index (χ1v) is 5.95. The van der Waals surface area contributed by atoms with E-state index in [-0.39, 0.29) is 0 Å². The average Bonchev–Trinajstić information content (AvgIpc) is 2.82. The molecule has 0 saturated heterocycles. The molecule has 16 heavy (non-hydrogen) atoms. The molecule has 1 aliphatic rings. The summed E-state index contributed by atoms with van der Waals surface area (Å²) >= 11 is 1.64. The van der Waals surface area contributed by atoms with Crippen molar-refractivity contribution in [1.82, 2.24) is 4.98 Å². The van der Waals surface area contributed by atoms with E-state index in [1.807, 2.05) is 23.7 Å². The molecule has 0 unspecified atom stereocenters. The molecule has 0 radical (unpaired) electrons. The summed E-state index contributed by atoms with van der Waals surface area (Å²) in [6.07, 6.45) is 8.06. The van der Waals surface area contributed by atoms with Gasteiger partial charge in [-0.2, -0.15) is 0 Å². The Morgan fingerprint density at radius 3 is 3.00 bits per heavy atom. The van der Waals surface area contributed by atoms with Crippen molar-refractivity contribution in [3.05, 3.63) is 58.2 Å². The smallest absolute Gasteiger partial charge is 0.118 e. The van der Waals surface area contributed by atoms with Crippen LogP contribution in [0.25, 0.3) is 12.2 Å². The van der Waals surface area contributed by atoms with Crippen LogP contribution in [-0.4, -0.2) is 4.98 Å². The Morgan fingerprint density at radius 1 is 1.19 bits per heavy atom. The summed E-state index contributed by atoms with van der Waals surface area (Å²) in [5.74, 6) is 0. The molecule has 0 atom stereocenters. The lowest BCUT2D eigenvalue weighted by atomic mass is 10.1. The van der Waals surface area contributed by atoms with Crippen LogP contribution in [0.3, 0.4) is 0 Å². The van der Waals surface area contributed by atoms with Crippen molar-refractivity contribution in [2.75, 3.05) is 5.32 Å². The number of para-hydroxylation sites is 1. The fraction of sp³-hybridized carbons (Fsp3) is 0. The molecule has 2 nitrogen and oxygen atoms in total. The lowest BCUT2D eigenvalue weighted by molar-refractivity contribution is 1.38. The molecule has 2 aromatic rings. The zero-order chi connectivity index (χ0) is 10.8. The third kappa shape index (κ3) is 1.77. The Hall–Kier alpha value is -1.87. The molecule has 2 heterocycles. The van der Waals surface area contributed by atoms with Crippen LogP contribution in [0.4, 0.5) is 5.69 Å². The number of nitrogens with one attached hydrogen (secondary N) is 1. The molecule has 0 fully saturated rings. The van der Waals surface area contributed by atoms with E-state index in [1.54, 1.807) is 11.3 Å². The molecule has 3 rings (SSSR count). The van der Waals surface area contributed by atoms with Crippen molar-refractivity contribution >= 4 is 29.2 Å². The van der Waals surface area contributed by atoms with E-state index in [2.05, 4.69) is 40.7 Å². The molecule has 0 amide bonds. The first kappa shape index (κ1) is 9.36. The highest BCUT2D eigenvalue weighted by atomic mass is 32.1. The van der Waals surface area contributed by atoms with E-state index < -0.39 is 0 Å². The van der Waals surface area contributed by atoms with Crippen molar-refractivity contribution in [3.63, 3.8) is 0 Å². The molecule has 0 spiro atoms. The van der Waals surface area contributed by atoms with Crippen LogP contribution in [0.15, 0.2) is 47.6 Å². The van der Waals surface area contributed by atoms with Crippen molar-refractivity contribution in [1.29, 1.82) is 0 Å². The number of hydrogen-bond donors (Lipinski definition) is 1. The summed E-state index contributed by atoms with van der Waals surface area (Å²) in [5.41, 5.74) is 3.44. The van der Waals surface area contributed by atoms with Gasteiger partial charge < -0.3 is 5.32 Å². The predicted octanol–water partition coefficient (Wildman–Crippen LogP) is 3.62. The Morgan fingerprint density at radius 2 is 2.12 bits per heavy atom. The third-order valence-corrected chi connectivity index (χ3v) is 3.14. The number of allylic oxidation sites excluding steroid dienone is 1. The molecule has 1 N–H and O–H groups in total. The fourth-order valence-corrected chi connectivity index (χ4v) is 2.23. The van der Waals surface area contributed by atoms with Gasteiger partial charge in [-0.15, -0.1) is 11.3 Å². The van der Waals surface area contributed by atoms with E-state index in [4.69, 9.17) is 0 Å². The van der Waals surface area contributed by atoms with E-state index in [0.717, 1.165) is 16.4 Å². The summed E-state index contributed by atoms with van der Waals surface area (Å²) in [7, 11) is 0. The quantitative estimate of drug-likeness (QED) is 0.803. The zero-order valence-corrected chi connectivity index (χ0v) is 9.37. The average molecular weight is 226 g/mol. The normalized spacial score (nSPS) is 15.9. The van der Waals surface area contributed by atoms with Gasteiger partial charge in [0.05, 0.1) is 0 Å². The number of thiazole rings is 1. The largest absolute Gasteiger partial charge is 0.355 e. The Bertz CT molecular complexity index is 553. The number of rotatable bonds is 1. The molecule has 3 heteroatoms. The molecule has 1 aliphatic heterocycles. The Balaban J connectivity index is 1.94. The number of fused-ring (bicyclic) bond motifs is 1. The van der Waals surface area contributed by atoms with E-state index in [1.165, 1.54) is 5.56 Å². The van der Waals surface area contributed by atoms with Gasteiger partial charge in [0.2, 0.25) is 0 Å². The lowest BCUT2D eigenvalue weighted by Gasteiger charge is -2.14. The maximum absolute atomic E-state index is 4.23. The Kier molecular flexibility index (Phi) is 2.31. The van der Waals surface area contributed by atoms with Crippen molar-refractivity contribution in [2.24, 2.45) is 0 Å². The minimum absolute atomic E-state index is 1.02. The highest BCUT2D eigenvalue weighted by Gasteiger charge is 2.05. The van der Waals surface area contributed by atoms with Gasteiger partial charge >= 0.3 is 0 Å². The number of nitrogens with zero attached hydrogens (tertiary/aromatic N) is 1. The van der Waals surface area contributed by atoms with Crippen LogP contribution in [-0.2, 0) is 0 Å². The first-order valence-electron chi connectivity index (χ1n) is 5.07. The second kappa shape index (κ2) is 3.94. The molecule has 1 aromatic carbocycles. The highest BCUT2D eigenvalue weighted by molar-refractivity contribution is 7.10. The van der Waals surface area contributed by atoms with Crippen LogP contribution in [0.1, 0.15) is 10.6 Å². The van der Waals surface area contributed by atoms with Crippen molar-refractivity contribution in [3.8, 4) is 0 Å². The predicted molar refractivity (Wildman–Crippen MR) is 69.2 cm³/mol. The summed E-state index contributed by atoms with van der Waals surface area (Å²) in [4.78, 5) is 4.23. The van der Waals surface area contributed by atoms with Crippen LogP contribution in [0.2, 0.25) is 0 Å². The van der Waals surface area contributed by atoms with Gasteiger partial charge in [0, 0.05) is 23.0 Å². The van der Waals surface area contributed by atoms with Crippen LogP contribution >= 0.6 is 11.3 Å². The standard InChI is InChI=1S/C13H10N2S/c1-2-4-12-10(3-1)5-6-11(15-12)9-13-14-7-8-16-13/h1-9,15H. The van der Waals surface area contributed by atoms with Gasteiger partial charge in [0.25, 0.3) is 0 Å². The monoisotopic (exact) mass is 226 g/mol. The Labute approximate surface area is 98.0 Å². The second-order valence-corrected chi connectivity index (χ2v) is 4.44. The summed E-state index contributed by atoms with van der Waals surface area (Å²) in [6, 6.07) is 8.25. The molecule has 0 bridgehead atoms. The van der Waals surface area contributed by atoms with E-state index >= 15 is 0 Å². The maximum atomic E-state index is 4.23. The van der Waals surface area contributed by atoms with Gasteiger partial charge in [-0.3, -0.25) is 0 Å². The number of benzene rings is 1. The fourth-order valence-electron chi connectivity index (χ4n) is 1.66. The van der Waals surface area contributed by atoms with E-state index in [0.29, 0.717) is 0 Å². The van der Waals surface area contributed by atoms with Gasteiger partial charge in [0.15, 0.2) is 0 Å². The molecular formula is C13H10N2S. The number of aromatic nitrogens is 1. The topological polar surface area (TPSA) is 24.9 Å². The molecule has 0 saturated carbocycles. The van der Waals surface area contributed by atoms with Crippen LogP contribution in [0.5, 0.6) is 0 Å². The second-order valence-electron chi connectivity index (χ2n) is 3.52. The van der Waals surface area contributed by atoms with Crippen LogP contribution < -0.4 is 5.32 Å².